The highest BCUT2D eigenvalue weighted by molar-refractivity contribution is 5.99. The first-order valence-electron chi connectivity index (χ1n) is 14.6. The summed E-state index contributed by atoms with van der Waals surface area (Å²) >= 11 is 0. The highest BCUT2D eigenvalue weighted by Gasteiger charge is 2.48. The Bertz CT molecular complexity index is 1330. The minimum atomic E-state index is -4.97. The third-order valence-electron chi connectivity index (χ3n) is 9.03. The molecule has 6 rings (SSSR count). The maximum Gasteiger partial charge on any atom is 0.449 e. The summed E-state index contributed by atoms with van der Waals surface area (Å²) in [5.41, 5.74) is -1.52. The van der Waals surface area contributed by atoms with Crippen molar-refractivity contribution in [3.05, 3.63) is 34.4 Å². The minimum Gasteiger partial charge on any atom is -0.384 e. The number of anilines is 1. The van der Waals surface area contributed by atoms with Gasteiger partial charge in [0, 0.05) is 24.2 Å². The zero-order valence-electron chi connectivity index (χ0n) is 23.0. The van der Waals surface area contributed by atoms with Gasteiger partial charge in [0.15, 0.2) is 0 Å². The number of amides is 2. The molecule has 8 nitrogen and oxygen atoms in total. The molecule has 1 aromatic heterocycles. The van der Waals surface area contributed by atoms with Crippen molar-refractivity contribution in [2.45, 2.75) is 107 Å². The van der Waals surface area contributed by atoms with E-state index in [1.54, 1.807) is 6.07 Å². The summed E-state index contributed by atoms with van der Waals surface area (Å²) in [4.78, 5) is 41.1. The first-order valence-corrected chi connectivity index (χ1v) is 14.6. The van der Waals surface area contributed by atoms with E-state index in [1.165, 1.54) is 12.1 Å². The molecule has 1 saturated heterocycles. The molecule has 3 aliphatic carbocycles. The van der Waals surface area contributed by atoms with Crippen molar-refractivity contribution in [1.29, 1.82) is 0 Å². The first-order chi connectivity index (χ1) is 19.5. The number of nitrogens with one attached hydrogen (secondary N) is 3. The third kappa shape index (κ3) is 6.42. The summed E-state index contributed by atoms with van der Waals surface area (Å²) < 4.78 is 56.5. The highest BCUT2D eigenvalue weighted by atomic mass is 19.4. The van der Waals surface area contributed by atoms with Gasteiger partial charge < -0.3 is 10.6 Å². The molecule has 0 spiro atoms. The first kappa shape index (κ1) is 29.5. The Kier molecular flexibility index (Phi) is 8.41. The van der Waals surface area contributed by atoms with Gasteiger partial charge in [-0.2, -0.15) is 13.2 Å². The van der Waals surface area contributed by atoms with Crippen LogP contribution in [0.3, 0.4) is 0 Å². The van der Waals surface area contributed by atoms with Crippen molar-refractivity contribution in [2.75, 3.05) is 18.4 Å². The smallest absolute Gasteiger partial charge is 0.384 e. The second-order valence-electron chi connectivity index (χ2n) is 11.8. The molecule has 2 heterocycles. The van der Waals surface area contributed by atoms with E-state index in [0.29, 0.717) is 36.1 Å². The lowest BCUT2D eigenvalue weighted by Gasteiger charge is -2.50. The number of carbonyl (C=O) groups is 2. The molecule has 0 unspecified atom stereocenters. The molecule has 41 heavy (non-hydrogen) atoms. The van der Waals surface area contributed by atoms with Gasteiger partial charge in [0.25, 0.3) is 5.56 Å². The molecule has 1 atom stereocenters. The van der Waals surface area contributed by atoms with Gasteiger partial charge in [-0.25, -0.2) is 9.37 Å². The predicted molar refractivity (Wildman–Crippen MR) is 146 cm³/mol. The van der Waals surface area contributed by atoms with Crippen LogP contribution in [0.2, 0.25) is 0 Å². The standard InChI is InChI=1S/C29H37F4N5O3/c30-27-11-14-28(15-12-27,16-13-27)35-18-5-3-1-2-4-17-34-19-7-6-8-20-23(19)25(41)38(26(36-20)29(31,32)33)21-9-10-22(39)37-24(21)40/h6-8,21,34-35H,1-5,9-18H2,(H,37,39,40)/t21-,27?,28?/m0/s1. The van der Waals surface area contributed by atoms with Gasteiger partial charge >= 0.3 is 6.18 Å². The average molecular weight is 580 g/mol. The molecule has 12 heteroatoms. The zero-order valence-corrected chi connectivity index (χ0v) is 23.0. The summed E-state index contributed by atoms with van der Waals surface area (Å²) in [6.07, 6.45) is 4.33. The van der Waals surface area contributed by atoms with E-state index in [0.717, 1.165) is 57.9 Å². The third-order valence-corrected chi connectivity index (χ3v) is 9.03. The molecule has 1 aromatic carbocycles. The number of piperidine rings is 1. The Labute approximate surface area is 235 Å². The molecular formula is C29H37F4N5O3. The van der Waals surface area contributed by atoms with E-state index in [2.05, 4.69) is 15.6 Å². The van der Waals surface area contributed by atoms with Gasteiger partial charge in [-0.15, -0.1) is 0 Å². The van der Waals surface area contributed by atoms with Crippen LogP contribution in [-0.4, -0.2) is 45.7 Å². The second kappa shape index (κ2) is 11.7. The number of hydrogen-bond acceptors (Lipinski definition) is 6. The van der Waals surface area contributed by atoms with E-state index < -0.39 is 41.1 Å². The van der Waals surface area contributed by atoms with Crippen LogP contribution in [0.5, 0.6) is 0 Å². The molecule has 2 bridgehead atoms. The SMILES string of the molecule is O=C1CC[C@H](n2c(C(F)(F)F)nc3cccc(NCCCCCCCNC45CCC(F)(CC4)CC5)c3c2=O)C(=O)N1. The fourth-order valence-electron chi connectivity index (χ4n) is 6.57. The number of halogens is 4. The molecule has 4 aliphatic rings. The second-order valence-corrected chi connectivity index (χ2v) is 11.8. The normalized spacial score (nSPS) is 26.4. The molecule has 2 amide bonds. The predicted octanol–water partition coefficient (Wildman–Crippen LogP) is 5.16. The van der Waals surface area contributed by atoms with Crippen LogP contribution in [-0.2, 0) is 15.8 Å². The summed E-state index contributed by atoms with van der Waals surface area (Å²) in [6, 6.07) is 3.01. The van der Waals surface area contributed by atoms with E-state index in [-0.39, 0.29) is 29.3 Å². The molecule has 3 saturated carbocycles. The molecule has 1 aliphatic heterocycles. The summed E-state index contributed by atoms with van der Waals surface area (Å²) in [5, 5.41) is 8.87. The number of benzene rings is 1. The van der Waals surface area contributed by atoms with Crippen molar-refractivity contribution >= 4 is 28.4 Å². The molecule has 4 fully saturated rings. The van der Waals surface area contributed by atoms with Crippen LogP contribution in [0, 0.1) is 0 Å². The zero-order chi connectivity index (χ0) is 29.3. The topological polar surface area (TPSA) is 105 Å². The maximum absolute atomic E-state index is 14.4. The van der Waals surface area contributed by atoms with E-state index >= 15 is 0 Å². The Balaban J connectivity index is 1.16. The number of carbonyl (C=O) groups excluding carboxylic acids is 2. The van der Waals surface area contributed by atoms with Crippen LogP contribution in [0.15, 0.2) is 23.0 Å². The number of nitrogens with zero attached hydrogens (tertiary/aromatic N) is 2. The Hall–Kier alpha value is -3.02. The van der Waals surface area contributed by atoms with Crippen LogP contribution in [0.25, 0.3) is 10.9 Å². The van der Waals surface area contributed by atoms with Gasteiger partial charge in [0.05, 0.1) is 10.9 Å². The fraction of sp³-hybridized carbons (Fsp3) is 0.655. The fourth-order valence-corrected chi connectivity index (χ4v) is 6.57. The van der Waals surface area contributed by atoms with Gasteiger partial charge in [-0.3, -0.25) is 24.3 Å². The number of hydrogen-bond donors (Lipinski definition) is 3. The van der Waals surface area contributed by atoms with Gasteiger partial charge in [-0.05, 0) is 76.5 Å². The van der Waals surface area contributed by atoms with Gasteiger partial charge in [-0.1, -0.05) is 25.3 Å². The largest absolute Gasteiger partial charge is 0.449 e. The lowest BCUT2D eigenvalue weighted by molar-refractivity contribution is -0.150. The lowest BCUT2D eigenvalue weighted by atomic mass is 9.64. The highest BCUT2D eigenvalue weighted by Crippen LogP contribution is 2.48. The van der Waals surface area contributed by atoms with E-state index in [1.807, 2.05) is 5.32 Å². The van der Waals surface area contributed by atoms with Crippen molar-refractivity contribution in [1.82, 2.24) is 20.2 Å². The van der Waals surface area contributed by atoms with Crippen molar-refractivity contribution in [2.24, 2.45) is 0 Å². The molecular weight excluding hydrogens is 542 g/mol. The quantitative estimate of drug-likeness (QED) is 0.193. The average Bonchev–Trinajstić information content (AvgIpc) is 2.93. The summed E-state index contributed by atoms with van der Waals surface area (Å²) in [5.74, 6) is -3.00. The van der Waals surface area contributed by atoms with Gasteiger partial charge in [0.1, 0.15) is 11.7 Å². The monoisotopic (exact) mass is 579 g/mol. The minimum absolute atomic E-state index is 0.0222. The number of unbranched alkanes of at least 4 members (excludes halogenated alkanes) is 4. The van der Waals surface area contributed by atoms with Crippen LogP contribution in [0.1, 0.15) is 95.3 Å². The van der Waals surface area contributed by atoms with Gasteiger partial charge in [0.2, 0.25) is 17.6 Å². The Morgan fingerprint density at radius 3 is 2.27 bits per heavy atom. The number of alkyl halides is 4. The molecule has 3 N–H and O–H groups in total. The Morgan fingerprint density at radius 2 is 1.61 bits per heavy atom. The van der Waals surface area contributed by atoms with Crippen molar-refractivity contribution in [3.8, 4) is 0 Å². The molecule has 2 aromatic rings. The van der Waals surface area contributed by atoms with Crippen LogP contribution >= 0.6 is 0 Å². The number of imide groups is 1. The molecule has 224 valence electrons. The number of rotatable bonds is 11. The number of aromatic nitrogens is 2. The van der Waals surface area contributed by atoms with E-state index in [4.69, 9.17) is 0 Å². The lowest BCUT2D eigenvalue weighted by Crippen LogP contribution is -2.56. The van der Waals surface area contributed by atoms with E-state index in [9.17, 15) is 31.9 Å². The van der Waals surface area contributed by atoms with Crippen LogP contribution < -0.4 is 21.5 Å². The Morgan fingerprint density at radius 1 is 0.951 bits per heavy atom. The number of fused-ring (bicyclic) bond motifs is 4. The summed E-state index contributed by atoms with van der Waals surface area (Å²) in [6.45, 7) is 1.45. The van der Waals surface area contributed by atoms with Crippen molar-refractivity contribution in [3.63, 3.8) is 0 Å². The van der Waals surface area contributed by atoms with Crippen molar-refractivity contribution < 1.29 is 27.2 Å². The maximum atomic E-state index is 14.4. The van der Waals surface area contributed by atoms with Crippen LogP contribution in [0.4, 0.5) is 23.2 Å². The summed E-state index contributed by atoms with van der Waals surface area (Å²) in [7, 11) is 0. The molecule has 0 radical (unpaired) electrons.